The van der Waals surface area contributed by atoms with Gasteiger partial charge >= 0.3 is 0 Å². The number of aliphatic hydroxyl groups is 1. The second kappa shape index (κ2) is 5.96. The second-order valence-corrected chi connectivity index (χ2v) is 5.47. The quantitative estimate of drug-likeness (QED) is 0.703. The third kappa shape index (κ3) is 4.37. The van der Waals surface area contributed by atoms with Gasteiger partial charge in [-0.3, -0.25) is 0 Å². The summed E-state index contributed by atoms with van der Waals surface area (Å²) in [7, 11) is 4.33. The predicted octanol–water partition coefficient (Wildman–Crippen LogP) is 0.112. The highest BCUT2D eigenvalue weighted by Crippen LogP contribution is 2.16. The molecule has 3 N–H and O–H groups in total. The van der Waals surface area contributed by atoms with Crippen molar-refractivity contribution in [2.24, 2.45) is 5.73 Å². The molecule has 0 saturated carbocycles. The number of nitrogens with zero attached hydrogens (tertiary/aromatic N) is 2. The number of likely N-dealkylation sites (tertiary alicyclic amines) is 1. The topological polar surface area (TPSA) is 52.7 Å². The molecule has 1 aliphatic rings. The first-order chi connectivity index (χ1) is 7.44. The Morgan fingerprint density at radius 2 is 2.00 bits per heavy atom. The van der Waals surface area contributed by atoms with Gasteiger partial charge in [0.05, 0.1) is 5.60 Å². The zero-order valence-electron chi connectivity index (χ0n) is 10.9. The van der Waals surface area contributed by atoms with Crippen molar-refractivity contribution in [3.8, 4) is 0 Å². The minimum absolute atomic E-state index is 0.342. The summed E-state index contributed by atoms with van der Waals surface area (Å²) >= 11 is 0. The van der Waals surface area contributed by atoms with Crippen LogP contribution in [-0.4, -0.2) is 66.8 Å². The lowest BCUT2D eigenvalue weighted by molar-refractivity contribution is 0.0408. The van der Waals surface area contributed by atoms with Gasteiger partial charge in [0.2, 0.25) is 0 Å². The van der Waals surface area contributed by atoms with Gasteiger partial charge in [0.25, 0.3) is 0 Å². The molecule has 16 heavy (non-hydrogen) atoms. The molecule has 4 nitrogen and oxygen atoms in total. The second-order valence-electron chi connectivity index (χ2n) is 5.47. The summed E-state index contributed by atoms with van der Waals surface area (Å²) in [4.78, 5) is 4.75. The highest BCUT2D eigenvalue weighted by molar-refractivity contribution is 4.80. The summed E-state index contributed by atoms with van der Waals surface area (Å²) in [6, 6.07) is 0.671. The monoisotopic (exact) mass is 229 g/mol. The average Bonchev–Trinajstić information content (AvgIpc) is 2.27. The van der Waals surface area contributed by atoms with Gasteiger partial charge in [-0.05, 0) is 53.4 Å². The molecular weight excluding hydrogens is 202 g/mol. The molecule has 0 radical (unpaired) electrons. The molecule has 1 atom stereocenters. The number of hydrogen-bond acceptors (Lipinski definition) is 4. The van der Waals surface area contributed by atoms with Crippen molar-refractivity contribution in [2.45, 2.75) is 37.8 Å². The summed E-state index contributed by atoms with van der Waals surface area (Å²) in [6.07, 6.45) is 3.22. The first-order valence-corrected chi connectivity index (χ1v) is 6.26. The zero-order valence-corrected chi connectivity index (χ0v) is 10.9. The minimum atomic E-state index is -0.709. The molecule has 0 spiro atoms. The van der Waals surface area contributed by atoms with Gasteiger partial charge < -0.3 is 20.6 Å². The van der Waals surface area contributed by atoms with E-state index in [1.807, 2.05) is 6.92 Å². The SMILES string of the molecule is CN1CCC(N(C)CCC(C)(O)CN)CC1. The molecule has 1 fully saturated rings. The fourth-order valence-electron chi connectivity index (χ4n) is 2.14. The molecule has 1 unspecified atom stereocenters. The Balaban J connectivity index is 2.27. The molecule has 1 aliphatic heterocycles. The number of nitrogens with two attached hydrogens (primary N) is 1. The number of hydrogen-bond donors (Lipinski definition) is 2. The van der Waals surface area contributed by atoms with Crippen molar-refractivity contribution < 1.29 is 5.11 Å². The van der Waals surface area contributed by atoms with E-state index in [1.165, 1.54) is 25.9 Å². The third-order valence-corrected chi connectivity index (χ3v) is 3.75. The van der Waals surface area contributed by atoms with Crippen LogP contribution >= 0.6 is 0 Å². The maximum Gasteiger partial charge on any atom is 0.0753 e. The van der Waals surface area contributed by atoms with E-state index < -0.39 is 5.60 Å². The summed E-state index contributed by atoms with van der Waals surface area (Å²) < 4.78 is 0. The Hall–Kier alpha value is -0.160. The molecule has 0 aromatic rings. The first-order valence-electron chi connectivity index (χ1n) is 6.26. The van der Waals surface area contributed by atoms with E-state index >= 15 is 0 Å². The lowest BCUT2D eigenvalue weighted by Gasteiger charge is -2.36. The van der Waals surface area contributed by atoms with E-state index in [1.54, 1.807) is 0 Å². The van der Waals surface area contributed by atoms with Crippen LogP contribution in [0.1, 0.15) is 26.2 Å². The minimum Gasteiger partial charge on any atom is -0.389 e. The van der Waals surface area contributed by atoms with E-state index in [4.69, 9.17) is 5.73 Å². The number of piperidine rings is 1. The van der Waals surface area contributed by atoms with Crippen molar-refractivity contribution in [2.75, 3.05) is 40.3 Å². The van der Waals surface area contributed by atoms with Crippen LogP contribution in [0.15, 0.2) is 0 Å². The van der Waals surface area contributed by atoms with Crippen LogP contribution in [0.25, 0.3) is 0 Å². The standard InChI is InChI=1S/C12H27N3O/c1-12(16,10-13)6-9-15(3)11-4-7-14(2)8-5-11/h11,16H,4-10,13H2,1-3H3. The molecule has 0 aliphatic carbocycles. The van der Waals surface area contributed by atoms with Gasteiger partial charge in [0.15, 0.2) is 0 Å². The van der Waals surface area contributed by atoms with Gasteiger partial charge in [0.1, 0.15) is 0 Å². The number of rotatable bonds is 5. The van der Waals surface area contributed by atoms with Crippen molar-refractivity contribution >= 4 is 0 Å². The van der Waals surface area contributed by atoms with E-state index in [2.05, 4.69) is 23.9 Å². The van der Waals surface area contributed by atoms with Crippen molar-refractivity contribution in [3.05, 3.63) is 0 Å². The van der Waals surface area contributed by atoms with E-state index in [0.29, 0.717) is 12.6 Å². The first kappa shape index (κ1) is 13.9. The Morgan fingerprint density at radius 3 is 2.50 bits per heavy atom. The van der Waals surface area contributed by atoms with Gasteiger partial charge in [-0.15, -0.1) is 0 Å². The summed E-state index contributed by atoms with van der Waals surface area (Å²) in [5.74, 6) is 0. The van der Waals surface area contributed by atoms with Crippen molar-refractivity contribution in [3.63, 3.8) is 0 Å². The van der Waals surface area contributed by atoms with Crippen LogP contribution in [0.4, 0.5) is 0 Å². The summed E-state index contributed by atoms with van der Waals surface area (Å²) in [6.45, 7) is 5.45. The molecule has 1 rings (SSSR count). The van der Waals surface area contributed by atoms with Crippen LogP contribution < -0.4 is 5.73 Å². The molecule has 0 amide bonds. The Kier molecular flexibility index (Phi) is 5.18. The lowest BCUT2D eigenvalue weighted by Crippen LogP contribution is -2.44. The van der Waals surface area contributed by atoms with Crippen LogP contribution in [-0.2, 0) is 0 Å². The zero-order chi connectivity index (χ0) is 12.2. The smallest absolute Gasteiger partial charge is 0.0753 e. The molecule has 1 heterocycles. The van der Waals surface area contributed by atoms with Gasteiger partial charge in [-0.2, -0.15) is 0 Å². The average molecular weight is 229 g/mol. The predicted molar refractivity (Wildman–Crippen MR) is 67.4 cm³/mol. The van der Waals surface area contributed by atoms with E-state index in [-0.39, 0.29) is 0 Å². The Morgan fingerprint density at radius 1 is 1.44 bits per heavy atom. The third-order valence-electron chi connectivity index (χ3n) is 3.75. The highest BCUT2D eigenvalue weighted by atomic mass is 16.3. The van der Waals surface area contributed by atoms with Crippen LogP contribution in [0.5, 0.6) is 0 Å². The molecule has 96 valence electrons. The molecule has 0 bridgehead atoms. The molecule has 0 aromatic carbocycles. The van der Waals surface area contributed by atoms with Crippen molar-refractivity contribution in [1.82, 2.24) is 9.80 Å². The Bertz CT molecular complexity index is 200. The fraction of sp³-hybridized carbons (Fsp3) is 1.00. The molecule has 4 heteroatoms. The molecule has 0 aromatic heterocycles. The largest absolute Gasteiger partial charge is 0.389 e. The lowest BCUT2D eigenvalue weighted by atomic mass is 10.00. The van der Waals surface area contributed by atoms with Crippen LogP contribution in [0.3, 0.4) is 0 Å². The Labute approximate surface area is 99.4 Å². The van der Waals surface area contributed by atoms with Gasteiger partial charge in [-0.25, -0.2) is 0 Å². The fourth-order valence-corrected chi connectivity index (χ4v) is 2.14. The van der Waals surface area contributed by atoms with E-state index in [0.717, 1.165) is 13.0 Å². The van der Waals surface area contributed by atoms with Gasteiger partial charge in [0, 0.05) is 19.1 Å². The maximum atomic E-state index is 9.85. The normalized spacial score (nSPS) is 23.6. The molecular formula is C12H27N3O. The van der Waals surface area contributed by atoms with Gasteiger partial charge in [-0.1, -0.05) is 0 Å². The molecule has 1 saturated heterocycles. The maximum absolute atomic E-state index is 9.85. The van der Waals surface area contributed by atoms with Crippen LogP contribution in [0.2, 0.25) is 0 Å². The van der Waals surface area contributed by atoms with Crippen LogP contribution in [0, 0.1) is 0 Å². The summed E-state index contributed by atoms with van der Waals surface area (Å²) in [5, 5.41) is 9.85. The van der Waals surface area contributed by atoms with E-state index in [9.17, 15) is 5.11 Å². The summed E-state index contributed by atoms with van der Waals surface area (Å²) in [5.41, 5.74) is 4.81. The highest BCUT2D eigenvalue weighted by Gasteiger charge is 2.23. The van der Waals surface area contributed by atoms with Crippen molar-refractivity contribution in [1.29, 1.82) is 0 Å².